The fraction of sp³-hybridized carbons (Fsp3) is 0.333. The highest BCUT2D eigenvalue weighted by Crippen LogP contribution is 2.27. The Morgan fingerprint density at radius 2 is 2.06 bits per heavy atom. The third-order valence-corrected chi connectivity index (χ3v) is 3.53. The van der Waals surface area contributed by atoms with Crippen molar-refractivity contribution in [3.8, 4) is 0 Å². The van der Waals surface area contributed by atoms with Crippen LogP contribution in [0.5, 0.6) is 0 Å². The number of aryl methyl sites for hydroxylation is 1. The molecular weight excluding hydrogens is 316 g/mol. The molecule has 0 saturated carbocycles. The number of benzene rings is 1. The molecule has 4 nitrogen and oxygen atoms in total. The Balaban J connectivity index is 2.43. The topological polar surface area (TPSA) is 42.7 Å². The highest BCUT2D eigenvalue weighted by Gasteiger charge is 2.20. The van der Waals surface area contributed by atoms with Crippen LogP contribution in [-0.4, -0.2) is 21.5 Å². The number of rotatable bonds is 4. The smallest absolute Gasteiger partial charge is 0.153 e. The van der Waals surface area contributed by atoms with E-state index < -0.39 is 0 Å². The van der Waals surface area contributed by atoms with Crippen LogP contribution in [0.3, 0.4) is 0 Å². The zero-order valence-corrected chi connectivity index (χ0v) is 12.5. The van der Waals surface area contributed by atoms with Crippen LogP contribution in [0.25, 0.3) is 0 Å². The van der Waals surface area contributed by atoms with Gasteiger partial charge >= 0.3 is 0 Å². The van der Waals surface area contributed by atoms with Gasteiger partial charge in [-0.15, -0.1) is 5.10 Å². The number of halogens is 2. The fourth-order valence-electron chi connectivity index (χ4n) is 1.88. The summed E-state index contributed by atoms with van der Waals surface area (Å²) in [5.41, 5.74) is 2.13. The van der Waals surface area contributed by atoms with Gasteiger partial charge in [-0.25, -0.2) is 4.68 Å². The third-order valence-electron chi connectivity index (χ3n) is 2.71. The molecule has 6 heteroatoms. The van der Waals surface area contributed by atoms with Gasteiger partial charge in [-0.3, -0.25) is 0 Å². The largest absolute Gasteiger partial charge is 0.305 e. The second-order valence-electron chi connectivity index (χ2n) is 3.93. The standard InChI is InChI=1S/C12H14BrClN4/c1-3-15-10(8-4-6-9(14)7-5-8)11-12(13)16-17-18(11)2/h4-7,10,15H,3H2,1-2H3. The molecule has 1 aromatic carbocycles. The number of hydrogen-bond acceptors (Lipinski definition) is 3. The summed E-state index contributed by atoms with van der Waals surface area (Å²) < 4.78 is 2.53. The average molecular weight is 330 g/mol. The molecule has 0 spiro atoms. The maximum absolute atomic E-state index is 5.92. The molecule has 1 unspecified atom stereocenters. The van der Waals surface area contributed by atoms with Crippen LogP contribution in [0.2, 0.25) is 5.02 Å². The molecule has 18 heavy (non-hydrogen) atoms. The van der Waals surface area contributed by atoms with Gasteiger partial charge in [0.05, 0.1) is 11.7 Å². The highest BCUT2D eigenvalue weighted by atomic mass is 79.9. The van der Waals surface area contributed by atoms with Gasteiger partial charge in [-0.05, 0) is 40.2 Å². The van der Waals surface area contributed by atoms with Crippen LogP contribution >= 0.6 is 27.5 Å². The van der Waals surface area contributed by atoms with Crippen LogP contribution in [0.4, 0.5) is 0 Å². The van der Waals surface area contributed by atoms with Crippen molar-refractivity contribution in [3.05, 3.63) is 45.1 Å². The van der Waals surface area contributed by atoms with Gasteiger partial charge in [0.1, 0.15) is 0 Å². The van der Waals surface area contributed by atoms with E-state index in [1.54, 1.807) is 4.68 Å². The lowest BCUT2D eigenvalue weighted by Gasteiger charge is -2.18. The minimum Gasteiger partial charge on any atom is -0.305 e. The quantitative estimate of drug-likeness (QED) is 0.938. The first kappa shape index (κ1) is 13.5. The number of hydrogen-bond donors (Lipinski definition) is 1. The normalized spacial score (nSPS) is 12.7. The Morgan fingerprint density at radius 3 is 2.56 bits per heavy atom. The molecule has 0 radical (unpaired) electrons. The number of nitrogens with zero attached hydrogens (tertiary/aromatic N) is 3. The van der Waals surface area contributed by atoms with Crippen LogP contribution in [0, 0.1) is 0 Å². The van der Waals surface area contributed by atoms with Gasteiger partial charge < -0.3 is 5.32 Å². The van der Waals surface area contributed by atoms with E-state index in [0.717, 1.165) is 27.4 Å². The van der Waals surface area contributed by atoms with Crippen LogP contribution in [-0.2, 0) is 7.05 Å². The summed E-state index contributed by atoms with van der Waals surface area (Å²) in [4.78, 5) is 0. The summed E-state index contributed by atoms with van der Waals surface area (Å²) in [5.74, 6) is 0. The lowest BCUT2D eigenvalue weighted by Crippen LogP contribution is -2.24. The second kappa shape index (κ2) is 5.82. The van der Waals surface area contributed by atoms with Crippen molar-refractivity contribution in [2.24, 2.45) is 7.05 Å². The Hall–Kier alpha value is -0.910. The second-order valence-corrected chi connectivity index (χ2v) is 5.12. The lowest BCUT2D eigenvalue weighted by atomic mass is 10.0. The molecule has 1 atom stereocenters. The van der Waals surface area contributed by atoms with Crippen molar-refractivity contribution in [2.45, 2.75) is 13.0 Å². The predicted octanol–water partition coefficient (Wildman–Crippen LogP) is 2.93. The van der Waals surface area contributed by atoms with E-state index >= 15 is 0 Å². The van der Waals surface area contributed by atoms with E-state index in [4.69, 9.17) is 11.6 Å². The van der Waals surface area contributed by atoms with Crippen molar-refractivity contribution < 1.29 is 0 Å². The maximum Gasteiger partial charge on any atom is 0.153 e. The van der Waals surface area contributed by atoms with Crippen LogP contribution < -0.4 is 5.32 Å². The van der Waals surface area contributed by atoms with Crippen molar-refractivity contribution in [1.29, 1.82) is 0 Å². The van der Waals surface area contributed by atoms with Crippen LogP contribution in [0.15, 0.2) is 28.9 Å². The van der Waals surface area contributed by atoms with Crippen molar-refractivity contribution in [2.75, 3.05) is 6.54 Å². The highest BCUT2D eigenvalue weighted by molar-refractivity contribution is 9.10. The molecule has 1 N–H and O–H groups in total. The fourth-order valence-corrected chi connectivity index (χ4v) is 2.56. The molecule has 0 aliphatic carbocycles. The molecule has 0 amide bonds. The molecule has 2 rings (SSSR count). The molecule has 0 aliphatic rings. The van der Waals surface area contributed by atoms with E-state index in [2.05, 4.69) is 38.5 Å². The Labute approximate surface area is 119 Å². The first-order valence-corrected chi connectivity index (χ1v) is 6.84. The van der Waals surface area contributed by atoms with Crippen molar-refractivity contribution in [1.82, 2.24) is 20.3 Å². The SMILES string of the molecule is CCNC(c1ccc(Cl)cc1)c1c(Br)nnn1C. The van der Waals surface area contributed by atoms with E-state index in [0.29, 0.717) is 0 Å². The molecule has 2 aromatic rings. The van der Waals surface area contributed by atoms with Gasteiger partial charge in [0, 0.05) is 12.1 Å². The van der Waals surface area contributed by atoms with E-state index in [9.17, 15) is 0 Å². The maximum atomic E-state index is 5.92. The van der Waals surface area contributed by atoms with E-state index in [1.807, 2.05) is 31.3 Å². The molecule has 1 heterocycles. The molecule has 96 valence electrons. The summed E-state index contributed by atoms with van der Waals surface area (Å²) in [6.07, 6.45) is 0. The number of aromatic nitrogens is 3. The predicted molar refractivity (Wildman–Crippen MR) is 75.7 cm³/mol. The average Bonchev–Trinajstić information content (AvgIpc) is 2.68. The Morgan fingerprint density at radius 1 is 1.39 bits per heavy atom. The zero-order chi connectivity index (χ0) is 13.1. The minimum atomic E-state index is 0.0432. The first-order chi connectivity index (χ1) is 8.63. The summed E-state index contributed by atoms with van der Waals surface area (Å²) >= 11 is 9.36. The van der Waals surface area contributed by atoms with Gasteiger partial charge in [0.2, 0.25) is 0 Å². The molecule has 0 saturated heterocycles. The first-order valence-electron chi connectivity index (χ1n) is 5.67. The molecule has 0 bridgehead atoms. The van der Waals surface area contributed by atoms with Gasteiger partial charge in [-0.2, -0.15) is 0 Å². The van der Waals surface area contributed by atoms with Gasteiger partial charge in [0.25, 0.3) is 0 Å². The summed E-state index contributed by atoms with van der Waals surface area (Å²) in [5, 5.41) is 12.2. The van der Waals surface area contributed by atoms with Crippen LogP contribution in [0.1, 0.15) is 24.2 Å². The lowest BCUT2D eigenvalue weighted by molar-refractivity contribution is 0.567. The molecule has 1 aromatic heterocycles. The van der Waals surface area contributed by atoms with Crippen molar-refractivity contribution >= 4 is 27.5 Å². The van der Waals surface area contributed by atoms with E-state index in [-0.39, 0.29) is 6.04 Å². The van der Waals surface area contributed by atoms with E-state index in [1.165, 1.54) is 0 Å². The minimum absolute atomic E-state index is 0.0432. The third kappa shape index (κ3) is 2.74. The molecular formula is C12H14BrClN4. The van der Waals surface area contributed by atoms with Gasteiger partial charge in [-0.1, -0.05) is 35.9 Å². The summed E-state index contributed by atoms with van der Waals surface area (Å²) in [6, 6.07) is 7.84. The zero-order valence-electron chi connectivity index (χ0n) is 10.2. The molecule has 0 fully saturated rings. The Kier molecular flexibility index (Phi) is 4.37. The van der Waals surface area contributed by atoms with Gasteiger partial charge in [0.15, 0.2) is 4.60 Å². The van der Waals surface area contributed by atoms with Crippen molar-refractivity contribution in [3.63, 3.8) is 0 Å². The Bertz CT molecular complexity index is 504. The summed E-state index contributed by atoms with van der Waals surface area (Å²) in [6.45, 7) is 2.92. The monoisotopic (exact) mass is 328 g/mol. The summed E-state index contributed by atoms with van der Waals surface area (Å²) in [7, 11) is 1.88. The number of nitrogens with one attached hydrogen (secondary N) is 1. The molecule has 0 aliphatic heterocycles.